The average Bonchev–Trinajstić information content (AvgIpc) is 3.82. The van der Waals surface area contributed by atoms with Crippen LogP contribution in [0.3, 0.4) is 0 Å². The molecule has 0 saturated carbocycles. The van der Waals surface area contributed by atoms with Gasteiger partial charge in [-0.2, -0.15) is 23.5 Å². The maximum absolute atomic E-state index is 12.6. The molecule has 12 heteroatoms. The van der Waals surface area contributed by atoms with Gasteiger partial charge in [0.2, 0.25) is 0 Å². The van der Waals surface area contributed by atoms with E-state index in [1.165, 1.54) is 167 Å². The van der Waals surface area contributed by atoms with Crippen molar-refractivity contribution in [3.8, 4) is 0 Å². The van der Waals surface area contributed by atoms with Crippen molar-refractivity contribution in [2.45, 2.75) is 207 Å². The van der Waals surface area contributed by atoms with Crippen molar-refractivity contribution in [1.82, 2.24) is 9.80 Å². The molecule has 0 aromatic carbocycles. The molecule has 0 spiro atoms. The second-order valence-corrected chi connectivity index (χ2v) is 20.7. The molecule has 0 aromatic rings. The van der Waals surface area contributed by atoms with Gasteiger partial charge in [-0.15, -0.1) is 0 Å². The van der Waals surface area contributed by atoms with Crippen LogP contribution in [0.15, 0.2) is 0 Å². The molecule has 10 nitrogen and oxygen atoms in total. The monoisotopic (exact) mass is 943 g/mol. The van der Waals surface area contributed by atoms with Crippen LogP contribution < -0.4 is 0 Å². The highest BCUT2D eigenvalue weighted by atomic mass is 32.2. The Morgan fingerprint density at radius 2 is 0.797 bits per heavy atom. The maximum Gasteiger partial charge on any atom is 0.309 e. The first-order valence-electron chi connectivity index (χ1n) is 26.5. The van der Waals surface area contributed by atoms with Crippen LogP contribution in [0.4, 0.5) is 0 Å². The Hall–Kier alpha value is -1.50. The maximum atomic E-state index is 12.6. The van der Waals surface area contributed by atoms with Crippen molar-refractivity contribution in [3.63, 3.8) is 0 Å². The first-order valence-corrected chi connectivity index (χ1v) is 28.8. The van der Waals surface area contributed by atoms with E-state index in [2.05, 4.69) is 23.6 Å². The summed E-state index contributed by atoms with van der Waals surface area (Å²) >= 11 is 3.63. The molecule has 1 saturated heterocycles. The van der Waals surface area contributed by atoms with Crippen molar-refractivity contribution in [2.24, 2.45) is 11.8 Å². The smallest absolute Gasteiger partial charge is 0.309 e. The van der Waals surface area contributed by atoms with E-state index in [0.717, 1.165) is 49.2 Å². The summed E-state index contributed by atoms with van der Waals surface area (Å²) in [4.78, 5) is 54.7. The van der Waals surface area contributed by atoms with E-state index in [1.807, 2.05) is 37.4 Å². The predicted octanol–water partition coefficient (Wildman–Crippen LogP) is 12.5. The van der Waals surface area contributed by atoms with Crippen LogP contribution in [0.2, 0.25) is 0 Å². The average molecular weight is 943 g/mol. The van der Waals surface area contributed by atoms with E-state index in [9.17, 15) is 19.2 Å². The number of likely N-dealkylation sites (tertiary alicyclic amines) is 1. The highest BCUT2D eigenvalue weighted by Crippen LogP contribution is 2.18. The number of unbranched alkanes of at least 4 members (excludes halogenated alkanes) is 22. The summed E-state index contributed by atoms with van der Waals surface area (Å²) in [6.45, 7) is 13.2. The lowest BCUT2D eigenvalue weighted by Crippen LogP contribution is -2.36. The van der Waals surface area contributed by atoms with E-state index in [1.54, 1.807) is 0 Å². The summed E-state index contributed by atoms with van der Waals surface area (Å²) in [5, 5.41) is 0. The van der Waals surface area contributed by atoms with Gasteiger partial charge in [0, 0.05) is 37.7 Å². The highest BCUT2D eigenvalue weighted by Gasteiger charge is 2.18. The fourth-order valence-corrected chi connectivity index (χ4v) is 10.0. The Bertz CT molecular complexity index is 1040. The Labute approximate surface area is 401 Å². The highest BCUT2D eigenvalue weighted by molar-refractivity contribution is 7.99. The summed E-state index contributed by atoms with van der Waals surface area (Å²) in [6, 6.07) is 0. The molecule has 1 rings (SSSR count). The van der Waals surface area contributed by atoms with Gasteiger partial charge in [-0.3, -0.25) is 19.2 Å². The third-order valence-electron chi connectivity index (χ3n) is 12.2. The van der Waals surface area contributed by atoms with Gasteiger partial charge in [0.05, 0.1) is 24.7 Å². The zero-order valence-corrected chi connectivity index (χ0v) is 43.5. The number of hydrogen-bond donors (Lipinski definition) is 0. The number of nitrogens with zero attached hydrogens (tertiary/aromatic N) is 2. The summed E-state index contributed by atoms with van der Waals surface area (Å²) in [6.07, 6.45) is 34.9. The Balaban J connectivity index is 2.13. The van der Waals surface area contributed by atoms with E-state index >= 15 is 0 Å². The first kappa shape index (κ1) is 60.5. The quantitative estimate of drug-likeness (QED) is 0.0329. The number of carbonyl (C=O) groups excluding carboxylic acids is 4. The molecule has 0 bridgehead atoms. The van der Waals surface area contributed by atoms with Crippen molar-refractivity contribution in [3.05, 3.63) is 0 Å². The molecule has 1 aliphatic rings. The zero-order valence-electron chi connectivity index (χ0n) is 41.8. The van der Waals surface area contributed by atoms with Crippen LogP contribution in [0.5, 0.6) is 0 Å². The van der Waals surface area contributed by atoms with Gasteiger partial charge in [-0.05, 0) is 50.3 Å². The number of hydrogen-bond acceptors (Lipinski definition) is 12. The molecule has 64 heavy (non-hydrogen) atoms. The number of ether oxygens (including phenoxy) is 4. The van der Waals surface area contributed by atoms with Gasteiger partial charge in [0.15, 0.2) is 0 Å². The van der Waals surface area contributed by atoms with Gasteiger partial charge in [-0.1, -0.05) is 169 Å². The predicted molar refractivity (Wildman–Crippen MR) is 270 cm³/mol. The van der Waals surface area contributed by atoms with Crippen LogP contribution in [-0.2, 0) is 38.1 Å². The second kappa shape index (κ2) is 45.3. The van der Waals surface area contributed by atoms with Crippen LogP contribution >= 0.6 is 23.5 Å². The molecule has 0 aliphatic carbocycles. The number of carbonyl (C=O) groups is 4. The van der Waals surface area contributed by atoms with Gasteiger partial charge < -0.3 is 28.7 Å². The second-order valence-electron chi connectivity index (χ2n) is 18.4. The third kappa shape index (κ3) is 38.6. The van der Waals surface area contributed by atoms with Gasteiger partial charge in [0.1, 0.15) is 26.4 Å². The molecule has 0 N–H and O–H groups in total. The minimum atomic E-state index is -0.352. The lowest BCUT2D eigenvalue weighted by Gasteiger charge is -2.24. The largest absolute Gasteiger partial charge is 0.462 e. The molecule has 2 unspecified atom stereocenters. The van der Waals surface area contributed by atoms with Crippen LogP contribution in [0.1, 0.15) is 207 Å². The topological polar surface area (TPSA) is 112 Å². The summed E-state index contributed by atoms with van der Waals surface area (Å²) in [7, 11) is 0. The number of rotatable bonds is 47. The van der Waals surface area contributed by atoms with Gasteiger partial charge in [0.25, 0.3) is 0 Å². The Morgan fingerprint density at radius 3 is 1.16 bits per heavy atom. The van der Waals surface area contributed by atoms with E-state index in [4.69, 9.17) is 18.9 Å². The molecule has 1 heterocycles. The minimum absolute atomic E-state index is 0.0328. The van der Waals surface area contributed by atoms with Gasteiger partial charge in [-0.25, -0.2) is 0 Å². The molecular formula is C52H98N2O8S2. The Morgan fingerprint density at radius 1 is 0.469 bits per heavy atom. The molecule has 2 atom stereocenters. The lowest BCUT2D eigenvalue weighted by atomic mass is 10.1. The third-order valence-corrected chi connectivity index (χ3v) is 14.8. The van der Waals surface area contributed by atoms with Crippen molar-refractivity contribution < 1.29 is 38.1 Å². The van der Waals surface area contributed by atoms with E-state index in [-0.39, 0.29) is 75.0 Å². The number of esters is 4. The summed E-state index contributed by atoms with van der Waals surface area (Å²) in [5.74, 6) is 2.02. The van der Waals surface area contributed by atoms with Crippen LogP contribution in [-0.4, -0.2) is 122 Å². The molecule has 0 radical (unpaired) electrons. The van der Waals surface area contributed by atoms with Crippen LogP contribution in [0, 0.1) is 11.8 Å². The number of thioether (sulfide) groups is 2. The molecular weight excluding hydrogens is 845 g/mol. The normalized spacial score (nSPS) is 13.9. The van der Waals surface area contributed by atoms with Crippen molar-refractivity contribution in [2.75, 3.05) is 88.7 Å². The first-order chi connectivity index (χ1) is 31.3. The zero-order chi connectivity index (χ0) is 46.6. The van der Waals surface area contributed by atoms with Gasteiger partial charge >= 0.3 is 23.9 Å². The van der Waals surface area contributed by atoms with E-state index in [0.29, 0.717) is 13.1 Å². The lowest BCUT2D eigenvalue weighted by molar-refractivity contribution is -0.154. The van der Waals surface area contributed by atoms with Crippen LogP contribution in [0.25, 0.3) is 0 Å². The molecule has 376 valence electrons. The molecule has 1 fully saturated rings. The SMILES string of the molecule is CCCCCCCCCCCCCCSCC(C)C(=O)OCCOC(=O)CCN(CCC(=O)OCCOC(=O)C(C)CSCCCCCCCCCCCCCC)CCN1CCCC1. The Kier molecular flexibility index (Phi) is 42.8. The standard InChI is InChI=1S/C52H98N2O8S2/c1-5-7-9-11-13-15-17-19-21-23-25-29-43-63-45-47(3)51(57)61-41-39-59-49(55)31-35-54(38-37-53-33-27-28-34-53)36-32-50(56)60-40-42-62-52(58)48(4)46-64-44-30-26-24-22-20-18-16-14-12-10-8-6-2/h47-48H,5-46H2,1-4H3. The fourth-order valence-electron chi connectivity index (χ4n) is 7.89. The van der Waals surface area contributed by atoms with Crippen molar-refractivity contribution >= 4 is 47.4 Å². The summed E-state index contributed by atoms with van der Waals surface area (Å²) < 4.78 is 21.6. The van der Waals surface area contributed by atoms with E-state index < -0.39 is 0 Å². The summed E-state index contributed by atoms with van der Waals surface area (Å²) in [5.41, 5.74) is 0. The fraction of sp³-hybridized carbons (Fsp3) is 0.923. The molecule has 0 amide bonds. The molecule has 0 aromatic heterocycles. The van der Waals surface area contributed by atoms with Crippen molar-refractivity contribution in [1.29, 1.82) is 0 Å². The molecule has 1 aliphatic heterocycles. The minimum Gasteiger partial charge on any atom is -0.462 e.